The summed E-state index contributed by atoms with van der Waals surface area (Å²) in [6.07, 6.45) is -4.84. The number of sulfone groups is 1. The molecule has 0 radical (unpaired) electrons. The molecule has 0 bridgehead atoms. The van der Waals surface area contributed by atoms with E-state index in [1.165, 1.54) is 47.7 Å². The Hall–Kier alpha value is -3.09. The van der Waals surface area contributed by atoms with Crippen LogP contribution < -0.4 is 5.32 Å². The number of alkyl halides is 3. The number of amides is 1. The summed E-state index contributed by atoms with van der Waals surface area (Å²) >= 11 is 1.38. The summed E-state index contributed by atoms with van der Waals surface area (Å²) in [7, 11) is -3.31. The molecule has 0 unspecified atom stereocenters. The first-order valence-electron chi connectivity index (χ1n) is 12.3. The summed E-state index contributed by atoms with van der Waals surface area (Å²) in [6.45, 7) is 6.73. The standard InChI is InChI=1S/C27H28F3N3O4S2/c1-4-39(36,37)20-11-7-17(8-12-20)13-22(34)31-26-32-23-21(38-26)15-33(24(23)16(2)3)14-18-5-9-19(10-6-18)25(35)27(28,29)30/h5-12,16,24H,4,13-15H2,1-3H3,(H,31,32,34)/t24-/m0/s1. The van der Waals surface area contributed by atoms with E-state index in [2.05, 4.69) is 29.0 Å². The lowest BCUT2D eigenvalue weighted by Crippen LogP contribution is -2.26. The van der Waals surface area contributed by atoms with E-state index in [4.69, 9.17) is 0 Å². The molecule has 1 aromatic heterocycles. The van der Waals surface area contributed by atoms with Gasteiger partial charge in [-0.2, -0.15) is 13.2 Å². The van der Waals surface area contributed by atoms with E-state index in [0.717, 1.165) is 16.1 Å². The van der Waals surface area contributed by atoms with E-state index in [1.54, 1.807) is 19.1 Å². The average Bonchev–Trinajstić information content (AvgIpc) is 3.40. The number of carbonyl (C=O) groups is 2. The minimum Gasteiger partial charge on any atom is -0.302 e. The van der Waals surface area contributed by atoms with Crippen molar-refractivity contribution in [3.05, 3.63) is 75.8 Å². The van der Waals surface area contributed by atoms with Crippen molar-refractivity contribution in [2.45, 2.75) is 57.4 Å². The van der Waals surface area contributed by atoms with Crippen LogP contribution in [0.25, 0.3) is 0 Å². The van der Waals surface area contributed by atoms with Gasteiger partial charge in [-0.15, -0.1) is 11.3 Å². The smallest absolute Gasteiger partial charge is 0.302 e. The number of anilines is 1. The van der Waals surface area contributed by atoms with Crippen LogP contribution >= 0.6 is 11.3 Å². The Morgan fingerprint density at radius 2 is 1.69 bits per heavy atom. The summed E-state index contributed by atoms with van der Waals surface area (Å²) < 4.78 is 62.0. The van der Waals surface area contributed by atoms with Gasteiger partial charge in [0.15, 0.2) is 15.0 Å². The third-order valence-electron chi connectivity index (χ3n) is 6.51. The molecule has 0 saturated carbocycles. The Morgan fingerprint density at radius 1 is 1.08 bits per heavy atom. The molecular formula is C27H28F3N3O4S2. The number of hydrogen-bond acceptors (Lipinski definition) is 7. The highest BCUT2D eigenvalue weighted by Crippen LogP contribution is 2.43. The number of nitrogens with one attached hydrogen (secondary N) is 1. The SMILES string of the molecule is CCS(=O)(=O)c1ccc(CC(=O)Nc2nc3c(s2)CN(Cc2ccc(C(=O)C(F)(F)F)cc2)[C@H]3C(C)C)cc1. The van der Waals surface area contributed by atoms with Gasteiger partial charge in [0.25, 0.3) is 5.78 Å². The first-order valence-corrected chi connectivity index (χ1v) is 14.8. The van der Waals surface area contributed by atoms with E-state index >= 15 is 0 Å². The van der Waals surface area contributed by atoms with Crippen LogP contribution in [-0.4, -0.2) is 41.9 Å². The molecule has 1 atom stereocenters. The summed E-state index contributed by atoms with van der Waals surface area (Å²) in [5, 5.41) is 3.32. The normalized spacial score (nSPS) is 15.9. The van der Waals surface area contributed by atoms with Gasteiger partial charge >= 0.3 is 6.18 Å². The summed E-state index contributed by atoms with van der Waals surface area (Å²) in [5.41, 5.74) is 1.93. The maximum Gasteiger partial charge on any atom is 0.454 e. The van der Waals surface area contributed by atoms with Crippen molar-refractivity contribution in [1.29, 1.82) is 0 Å². The minimum absolute atomic E-state index is 0.00555. The molecule has 7 nitrogen and oxygen atoms in total. The zero-order valence-electron chi connectivity index (χ0n) is 21.6. The number of benzene rings is 2. The third kappa shape index (κ3) is 6.56. The molecule has 1 N–H and O–H groups in total. The number of nitrogens with zero attached hydrogens (tertiary/aromatic N) is 2. The van der Waals surface area contributed by atoms with Gasteiger partial charge in [0.2, 0.25) is 5.91 Å². The van der Waals surface area contributed by atoms with Gasteiger partial charge in [-0.3, -0.25) is 14.5 Å². The van der Waals surface area contributed by atoms with Crippen LogP contribution in [-0.2, 0) is 34.1 Å². The number of Topliss-reactive ketones (excluding diaryl/α,β-unsaturated/α-hetero) is 1. The molecule has 0 spiro atoms. The molecule has 2 aromatic carbocycles. The van der Waals surface area contributed by atoms with Crippen molar-refractivity contribution in [2.24, 2.45) is 5.92 Å². The summed E-state index contributed by atoms with van der Waals surface area (Å²) in [5.74, 6) is -1.94. The van der Waals surface area contributed by atoms with E-state index < -0.39 is 27.4 Å². The molecule has 208 valence electrons. The van der Waals surface area contributed by atoms with Crippen LogP contribution in [0.2, 0.25) is 0 Å². The van der Waals surface area contributed by atoms with Crippen molar-refractivity contribution in [3.63, 3.8) is 0 Å². The van der Waals surface area contributed by atoms with Gasteiger partial charge < -0.3 is 5.32 Å². The van der Waals surface area contributed by atoms with Crippen LogP contribution in [0.4, 0.5) is 18.3 Å². The van der Waals surface area contributed by atoms with Gasteiger partial charge in [-0.25, -0.2) is 13.4 Å². The first kappa shape index (κ1) is 28.9. The highest BCUT2D eigenvalue weighted by atomic mass is 32.2. The largest absolute Gasteiger partial charge is 0.454 e. The Bertz CT molecular complexity index is 1470. The van der Waals surface area contributed by atoms with Crippen molar-refractivity contribution in [2.75, 3.05) is 11.1 Å². The molecule has 12 heteroatoms. The topological polar surface area (TPSA) is 96.4 Å². The quantitative estimate of drug-likeness (QED) is 0.333. The van der Waals surface area contributed by atoms with E-state index in [-0.39, 0.29) is 34.9 Å². The Kier molecular flexibility index (Phi) is 8.29. The maximum absolute atomic E-state index is 12.7. The second-order valence-electron chi connectivity index (χ2n) is 9.72. The van der Waals surface area contributed by atoms with E-state index in [9.17, 15) is 31.2 Å². The van der Waals surface area contributed by atoms with Crippen molar-refractivity contribution < 1.29 is 31.2 Å². The minimum atomic E-state index is -4.91. The predicted octanol–water partition coefficient (Wildman–Crippen LogP) is 5.58. The molecule has 1 aliphatic rings. The molecule has 0 saturated heterocycles. The zero-order chi connectivity index (χ0) is 28.5. The van der Waals surface area contributed by atoms with Gasteiger partial charge in [-0.05, 0) is 29.2 Å². The fourth-order valence-electron chi connectivity index (χ4n) is 4.60. The Labute approximate surface area is 229 Å². The van der Waals surface area contributed by atoms with Gasteiger partial charge in [0.1, 0.15) is 0 Å². The lowest BCUT2D eigenvalue weighted by atomic mass is 10.0. The number of aromatic nitrogens is 1. The second kappa shape index (κ2) is 11.2. The monoisotopic (exact) mass is 579 g/mol. The highest BCUT2D eigenvalue weighted by Gasteiger charge is 2.39. The fraction of sp³-hybridized carbons (Fsp3) is 0.370. The number of fused-ring (bicyclic) bond motifs is 1. The van der Waals surface area contributed by atoms with Crippen molar-refractivity contribution >= 4 is 38.0 Å². The number of rotatable bonds is 9. The van der Waals surface area contributed by atoms with E-state index in [0.29, 0.717) is 23.8 Å². The Balaban J connectivity index is 1.40. The van der Waals surface area contributed by atoms with Crippen molar-refractivity contribution in [1.82, 2.24) is 9.88 Å². The lowest BCUT2D eigenvalue weighted by Gasteiger charge is -2.27. The van der Waals surface area contributed by atoms with Crippen LogP contribution in [0.5, 0.6) is 0 Å². The maximum atomic E-state index is 12.7. The third-order valence-corrected chi connectivity index (χ3v) is 9.23. The zero-order valence-corrected chi connectivity index (χ0v) is 23.2. The molecule has 1 aliphatic heterocycles. The van der Waals surface area contributed by atoms with Crippen LogP contribution in [0.15, 0.2) is 53.4 Å². The molecule has 0 fully saturated rings. The molecule has 3 aromatic rings. The number of thiazole rings is 1. The predicted molar refractivity (Wildman–Crippen MR) is 142 cm³/mol. The molecule has 2 heterocycles. The molecule has 1 amide bonds. The van der Waals surface area contributed by atoms with Gasteiger partial charge in [0, 0.05) is 23.5 Å². The van der Waals surface area contributed by atoms with Crippen LogP contribution in [0, 0.1) is 5.92 Å². The number of carbonyl (C=O) groups excluding carboxylic acids is 2. The van der Waals surface area contributed by atoms with Gasteiger partial charge in [0.05, 0.1) is 28.8 Å². The molecular weight excluding hydrogens is 551 g/mol. The fourth-order valence-corrected chi connectivity index (χ4v) is 6.53. The molecule has 39 heavy (non-hydrogen) atoms. The lowest BCUT2D eigenvalue weighted by molar-refractivity contribution is -0.115. The first-order chi connectivity index (χ1) is 18.3. The number of ketones is 1. The number of hydrogen-bond donors (Lipinski definition) is 1. The van der Waals surface area contributed by atoms with Crippen LogP contribution in [0.3, 0.4) is 0 Å². The molecule has 4 rings (SSSR count). The van der Waals surface area contributed by atoms with Crippen LogP contribution in [0.1, 0.15) is 58.9 Å². The average molecular weight is 580 g/mol. The highest BCUT2D eigenvalue weighted by molar-refractivity contribution is 7.91. The number of halogens is 3. The summed E-state index contributed by atoms with van der Waals surface area (Å²) in [6, 6.07) is 11.7. The summed E-state index contributed by atoms with van der Waals surface area (Å²) in [4.78, 5) is 32.2. The second-order valence-corrected chi connectivity index (χ2v) is 13.1. The van der Waals surface area contributed by atoms with Crippen molar-refractivity contribution in [3.8, 4) is 0 Å². The van der Waals surface area contributed by atoms with Gasteiger partial charge in [-0.1, -0.05) is 57.2 Å². The van der Waals surface area contributed by atoms with E-state index in [1.807, 2.05) is 0 Å². The molecule has 0 aliphatic carbocycles. The Morgan fingerprint density at radius 3 is 2.26 bits per heavy atom.